The number of nitrogens with two attached hydrogens (primary N) is 2. The number of likely N-dealkylation sites (N-methyl/N-ethyl adjacent to an activating group) is 1. The van der Waals surface area contributed by atoms with Crippen LogP contribution in [0, 0.1) is 0 Å². The summed E-state index contributed by atoms with van der Waals surface area (Å²) in [5, 5.41) is 0. The van der Waals surface area contributed by atoms with Crippen molar-refractivity contribution in [2.45, 2.75) is 44.2 Å². The lowest BCUT2D eigenvalue weighted by molar-refractivity contribution is -0.118. The van der Waals surface area contributed by atoms with Gasteiger partial charge >= 0.3 is 0 Å². The number of rotatable bonds is 4. The first-order chi connectivity index (χ1) is 6.61. The summed E-state index contributed by atoms with van der Waals surface area (Å²) in [5.74, 6) is -0.235. The molecule has 0 heterocycles. The van der Waals surface area contributed by atoms with Crippen LogP contribution in [-0.2, 0) is 4.79 Å². The SMILES string of the molecule is CN(CCC(N)=O)C1CCCCC1N. The van der Waals surface area contributed by atoms with Gasteiger partial charge in [-0.3, -0.25) is 4.79 Å². The predicted octanol–water partition coefficient (Wildman–Crippen LogP) is 0.0635. The number of amides is 1. The molecule has 4 N–H and O–H groups in total. The second-order valence-electron chi connectivity index (χ2n) is 4.21. The Bertz CT molecular complexity index is 196. The standard InChI is InChI=1S/C10H21N3O/c1-13(7-6-10(12)14)9-5-3-2-4-8(9)11/h8-9H,2-7,11H2,1H3,(H2,12,14). The molecule has 1 aliphatic carbocycles. The summed E-state index contributed by atoms with van der Waals surface area (Å²) in [5.41, 5.74) is 11.1. The molecule has 1 rings (SSSR count). The number of hydrogen-bond donors (Lipinski definition) is 2. The predicted molar refractivity (Wildman–Crippen MR) is 56.7 cm³/mol. The topological polar surface area (TPSA) is 72.3 Å². The smallest absolute Gasteiger partial charge is 0.218 e. The molecule has 0 aromatic carbocycles. The van der Waals surface area contributed by atoms with Gasteiger partial charge < -0.3 is 16.4 Å². The molecule has 0 saturated heterocycles. The third-order valence-electron chi connectivity index (χ3n) is 3.06. The van der Waals surface area contributed by atoms with Gasteiger partial charge in [0.25, 0.3) is 0 Å². The van der Waals surface area contributed by atoms with Crippen molar-refractivity contribution < 1.29 is 4.79 Å². The van der Waals surface area contributed by atoms with E-state index in [1.165, 1.54) is 12.8 Å². The number of nitrogens with zero attached hydrogens (tertiary/aromatic N) is 1. The Morgan fingerprint density at radius 1 is 1.43 bits per heavy atom. The van der Waals surface area contributed by atoms with E-state index in [2.05, 4.69) is 4.90 Å². The van der Waals surface area contributed by atoms with Crippen molar-refractivity contribution in [3.63, 3.8) is 0 Å². The number of carbonyl (C=O) groups excluding carboxylic acids is 1. The van der Waals surface area contributed by atoms with Gasteiger partial charge in [0.05, 0.1) is 0 Å². The van der Waals surface area contributed by atoms with Gasteiger partial charge in [0.1, 0.15) is 0 Å². The Kier molecular flexibility index (Phi) is 4.35. The van der Waals surface area contributed by atoms with Crippen LogP contribution in [0.25, 0.3) is 0 Å². The van der Waals surface area contributed by atoms with Gasteiger partial charge in [-0.05, 0) is 19.9 Å². The van der Waals surface area contributed by atoms with Crippen molar-refractivity contribution in [3.05, 3.63) is 0 Å². The first kappa shape index (κ1) is 11.5. The van der Waals surface area contributed by atoms with Crippen LogP contribution in [0.5, 0.6) is 0 Å². The van der Waals surface area contributed by atoms with Crippen LogP contribution < -0.4 is 11.5 Å². The summed E-state index contributed by atoms with van der Waals surface area (Å²) < 4.78 is 0. The molecule has 0 aliphatic heterocycles. The highest BCUT2D eigenvalue weighted by atomic mass is 16.1. The third-order valence-corrected chi connectivity index (χ3v) is 3.06. The average molecular weight is 199 g/mol. The highest BCUT2D eigenvalue weighted by molar-refractivity contribution is 5.73. The maximum Gasteiger partial charge on any atom is 0.218 e. The first-order valence-corrected chi connectivity index (χ1v) is 5.35. The molecule has 1 fully saturated rings. The van der Waals surface area contributed by atoms with Gasteiger partial charge in [-0.1, -0.05) is 12.8 Å². The fraction of sp³-hybridized carbons (Fsp3) is 0.900. The monoisotopic (exact) mass is 199 g/mol. The Morgan fingerprint density at radius 2 is 2.07 bits per heavy atom. The molecule has 1 amide bonds. The van der Waals surface area contributed by atoms with Crippen molar-refractivity contribution in [1.82, 2.24) is 4.90 Å². The Morgan fingerprint density at radius 3 is 2.64 bits per heavy atom. The number of primary amides is 1. The van der Waals surface area contributed by atoms with E-state index in [0.29, 0.717) is 12.5 Å². The van der Waals surface area contributed by atoms with Crippen molar-refractivity contribution >= 4 is 5.91 Å². The molecule has 1 aliphatic rings. The second-order valence-corrected chi connectivity index (χ2v) is 4.21. The van der Waals surface area contributed by atoms with Crippen molar-refractivity contribution in [1.29, 1.82) is 0 Å². The number of hydrogen-bond acceptors (Lipinski definition) is 3. The van der Waals surface area contributed by atoms with E-state index in [-0.39, 0.29) is 11.9 Å². The molecule has 2 atom stereocenters. The molecular weight excluding hydrogens is 178 g/mol. The highest BCUT2D eigenvalue weighted by Crippen LogP contribution is 2.20. The molecule has 0 aromatic rings. The zero-order chi connectivity index (χ0) is 10.6. The zero-order valence-electron chi connectivity index (χ0n) is 8.91. The molecule has 82 valence electrons. The number of carbonyl (C=O) groups is 1. The largest absolute Gasteiger partial charge is 0.370 e. The van der Waals surface area contributed by atoms with E-state index >= 15 is 0 Å². The quantitative estimate of drug-likeness (QED) is 0.672. The van der Waals surface area contributed by atoms with Crippen molar-refractivity contribution in [3.8, 4) is 0 Å². The van der Waals surface area contributed by atoms with E-state index in [1.807, 2.05) is 7.05 Å². The first-order valence-electron chi connectivity index (χ1n) is 5.35. The average Bonchev–Trinajstić information content (AvgIpc) is 2.15. The van der Waals surface area contributed by atoms with Crippen LogP contribution in [0.1, 0.15) is 32.1 Å². The molecule has 0 bridgehead atoms. The minimum absolute atomic E-state index is 0.235. The van der Waals surface area contributed by atoms with Crippen LogP contribution >= 0.6 is 0 Å². The van der Waals surface area contributed by atoms with Crippen LogP contribution in [0.15, 0.2) is 0 Å². The summed E-state index contributed by atoms with van der Waals surface area (Å²) in [6.45, 7) is 0.730. The van der Waals surface area contributed by atoms with Gasteiger partial charge in [0.15, 0.2) is 0 Å². The van der Waals surface area contributed by atoms with Gasteiger partial charge in [-0.15, -0.1) is 0 Å². The van der Waals surface area contributed by atoms with Crippen LogP contribution in [0.4, 0.5) is 0 Å². The van der Waals surface area contributed by atoms with E-state index in [0.717, 1.165) is 19.4 Å². The lowest BCUT2D eigenvalue weighted by atomic mass is 9.90. The Labute approximate surface area is 85.6 Å². The van der Waals surface area contributed by atoms with Crippen molar-refractivity contribution in [2.75, 3.05) is 13.6 Å². The van der Waals surface area contributed by atoms with E-state index < -0.39 is 0 Å². The second kappa shape index (κ2) is 5.32. The normalized spacial score (nSPS) is 27.9. The molecule has 14 heavy (non-hydrogen) atoms. The van der Waals surface area contributed by atoms with Crippen LogP contribution in [0.2, 0.25) is 0 Å². The van der Waals surface area contributed by atoms with Gasteiger partial charge in [0, 0.05) is 25.0 Å². The molecule has 0 radical (unpaired) electrons. The Hall–Kier alpha value is -0.610. The third kappa shape index (κ3) is 3.27. The van der Waals surface area contributed by atoms with Crippen LogP contribution in [0.3, 0.4) is 0 Å². The molecule has 0 aromatic heterocycles. The fourth-order valence-electron chi connectivity index (χ4n) is 2.14. The van der Waals surface area contributed by atoms with Gasteiger partial charge in [-0.25, -0.2) is 0 Å². The molecular formula is C10H21N3O. The van der Waals surface area contributed by atoms with E-state index in [1.54, 1.807) is 0 Å². The maximum absolute atomic E-state index is 10.6. The minimum atomic E-state index is -0.235. The molecule has 4 nitrogen and oxygen atoms in total. The highest BCUT2D eigenvalue weighted by Gasteiger charge is 2.25. The van der Waals surface area contributed by atoms with Crippen LogP contribution in [-0.4, -0.2) is 36.5 Å². The van der Waals surface area contributed by atoms with E-state index in [4.69, 9.17) is 11.5 Å². The molecule has 0 spiro atoms. The lowest BCUT2D eigenvalue weighted by Gasteiger charge is -2.35. The van der Waals surface area contributed by atoms with E-state index in [9.17, 15) is 4.79 Å². The van der Waals surface area contributed by atoms with Gasteiger partial charge in [0.2, 0.25) is 5.91 Å². The maximum atomic E-state index is 10.6. The fourth-order valence-corrected chi connectivity index (χ4v) is 2.14. The molecule has 4 heteroatoms. The summed E-state index contributed by atoms with van der Waals surface area (Å²) in [4.78, 5) is 12.8. The Balaban J connectivity index is 2.34. The summed E-state index contributed by atoms with van der Waals surface area (Å²) in [6.07, 6.45) is 5.17. The molecule has 1 saturated carbocycles. The molecule has 2 unspecified atom stereocenters. The summed E-state index contributed by atoms with van der Waals surface area (Å²) in [7, 11) is 2.03. The van der Waals surface area contributed by atoms with Gasteiger partial charge in [-0.2, -0.15) is 0 Å². The minimum Gasteiger partial charge on any atom is -0.370 e. The summed E-state index contributed by atoms with van der Waals surface area (Å²) >= 11 is 0. The zero-order valence-corrected chi connectivity index (χ0v) is 8.91. The lowest BCUT2D eigenvalue weighted by Crippen LogP contribution is -2.48. The summed E-state index contributed by atoms with van der Waals surface area (Å²) in [6, 6.07) is 0.699. The van der Waals surface area contributed by atoms with Crippen molar-refractivity contribution in [2.24, 2.45) is 11.5 Å².